The lowest BCUT2D eigenvalue weighted by molar-refractivity contribution is -0.142. The molecule has 0 unspecified atom stereocenters. The summed E-state index contributed by atoms with van der Waals surface area (Å²) in [5.74, 6) is -0.171. The summed E-state index contributed by atoms with van der Waals surface area (Å²) >= 11 is 1.65. The molecule has 0 saturated carbocycles. The number of hydrogen-bond acceptors (Lipinski definition) is 3. The summed E-state index contributed by atoms with van der Waals surface area (Å²) in [7, 11) is 0. The average molecular weight is 196 g/mol. The van der Waals surface area contributed by atoms with Crippen molar-refractivity contribution < 1.29 is 9.53 Å². The van der Waals surface area contributed by atoms with Crippen molar-refractivity contribution in [2.45, 2.75) is 13.3 Å². The largest absolute Gasteiger partial charge is 0.466 e. The lowest BCUT2D eigenvalue weighted by atomic mass is 10.3. The molecule has 0 saturated heterocycles. The van der Waals surface area contributed by atoms with Crippen LogP contribution in [0.1, 0.15) is 18.2 Å². The van der Waals surface area contributed by atoms with Gasteiger partial charge in [-0.05, 0) is 24.4 Å². The quantitative estimate of drug-likeness (QED) is 0.692. The number of rotatable bonds is 4. The zero-order valence-corrected chi connectivity index (χ0v) is 8.34. The topological polar surface area (TPSA) is 26.3 Å². The maximum absolute atomic E-state index is 10.9. The Morgan fingerprint density at radius 2 is 2.54 bits per heavy atom. The summed E-state index contributed by atoms with van der Waals surface area (Å²) in [6, 6.07) is 3.99. The summed E-state index contributed by atoms with van der Waals surface area (Å²) in [5, 5.41) is 2.00. The molecule has 13 heavy (non-hydrogen) atoms. The summed E-state index contributed by atoms with van der Waals surface area (Å²) in [6.45, 7) is 2.26. The van der Waals surface area contributed by atoms with Gasteiger partial charge in [-0.3, -0.25) is 4.79 Å². The van der Waals surface area contributed by atoms with Gasteiger partial charge in [0.2, 0.25) is 0 Å². The van der Waals surface area contributed by atoms with E-state index in [4.69, 9.17) is 4.74 Å². The maximum Gasteiger partial charge on any atom is 0.309 e. The highest BCUT2D eigenvalue weighted by molar-refractivity contribution is 7.10. The van der Waals surface area contributed by atoms with E-state index >= 15 is 0 Å². The number of ether oxygens (including phenoxy) is 1. The molecule has 1 aromatic heterocycles. The van der Waals surface area contributed by atoms with Gasteiger partial charge < -0.3 is 4.74 Å². The van der Waals surface area contributed by atoms with E-state index in [0.717, 1.165) is 4.88 Å². The number of carbonyl (C=O) groups excluding carboxylic acids is 1. The Morgan fingerprint density at radius 3 is 3.15 bits per heavy atom. The molecule has 1 aromatic rings. The van der Waals surface area contributed by atoms with Gasteiger partial charge >= 0.3 is 5.97 Å². The Kier molecular flexibility index (Phi) is 4.26. The van der Waals surface area contributed by atoms with Crippen LogP contribution in [0, 0.1) is 0 Å². The molecule has 70 valence electrons. The lowest BCUT2D eigenvalue weighted by Crippen LogP contribution is -2.01. The molecule has 0 spiro atoms. The Hall–Kier alpha value is -1.09. The van der Waals surface area contributed by atoms with Gasteiger partial charge in [0.05, 0.1) is 13.0 Å². The third-order valence-corrected chi connectivity index (χ3v) is 2.25. The van der Waals surface area contributed by atoms with E-state index < -0.39 is 0 Å². The summed E-state index contributed by atoms with van der Waals surface area (Å²) in [5.41, 5.74) is 0. The average Bonchev–Trinajstić information content (AvgIpc) is 2.57. The van der Waals surface area contributed by atoms with Crippen molar-refractivity contribution in [3.63, 3.8) is 0 Å². The van der Waals surface area contributed by atoms with Crippen molar-refractivity contribution in [2.24, 2.45) is 0 Å². The van der Waals surface area contributed by atoms with Crippen molar-refractivity contribution in [2.75, 3.05) is 6.61 Å². The first-order valence-electron chi connectivity index (χ1n) is 4.18. The van der Waals surface area contributed by atoms with Gasteiger partial charge in [-0.15, -0.1) is 11.3 Å². The first-order chi connectivity index (χ1) is 6.33. The van der Waals surface area contributed by atoms with Gasteiger partial charge in [0.25, 0.3) is 0 Å². The van der Waals surface area contributed by atoms with E-state index in [2.05, 4.69) is 0 Å². The van der Waals surface area contributed by atoms with E-state index in [1.807, 2.05) is 29.7 Å². The second-order valence-electron chi connectivity index (χ2n) is 2.43. The molecule has 0 aliphatic rings. The minimum absolute atomic E-state index is 0.171. The molecule has 0 amide bonds. The van der Waals surface area contributed by atoms with Crippen molar-refractivity contribution >= 4 is 23.4 Å². The fourth-order valence-corrected chi connectivity index (χ4v) is 1.52. The van der Waals surface area contributed by atoms with E-state index in [1.165, 1.54) is 0 Å². The van der Waals surface area contributed by atoms with Gasteiger partial charge in [-0.1, -0.05) is 12.1 Å². The van der Waals surface area contributed by atoms with Crippen LogP contribution in [0.15, 0.2) is 23.6 Å². The van der Waals surface area contributed by atoms with E-state index in [1.54, 1.807) is 18.3 Å². The third kappa shape index (κ3) is 3.90. The summed E-state index contributed by atoms with van der Waals surface area (Å²) < 4.78 is 4.77. The normalized spacial score (nSPS) is 10.5. The maximum atomic E-state index is 10.9. The highest BCUT2D eigenvalue weighted by atomic mass is 32.1. The fourth-order valence-electron chi connectivity index (χ4n) is 0.877. The van der Waals surface area contributed by atoms with Crippen LogP contribution in [-0.2, 0) is 9.53 Å². The first kappa shape index (κ1) is 9.99. The molecular weight excluding hydrogens is 184 g/mol. The molecule has 2 nitrogen and oxygen atoms in total. The SMILES string of the molecule is CCOC(=O)C/C=C/c1cccs1. The number of carbonyl (C=O) groups is 1. The second kappa shape index (κ2) is 5.54. The minimum Gasteiger partial charge on any atom is -0.466 e. The smallest absolute Gasteiger partial charge is 0.309 e. The van der Waals surface area contributed by atoms with E-state index in [9.17, 15) is 4.79 Å². The molecule has 0 atom stereocenters. The van der Waals surface area contributed by atoms with Crippen LogP contribution < -0.4 is 0 Å². The minimum atomic E-state index is -0.171. The lowest BCUT2D eigenvalue weighted by Gasteiger charge is -1.95. The third-order valence-electron chi connectivity index (χ3n) is 1.42. The molecule has 3 heteroatoms. The van der Waals surface area contributed by atoms with Gasteiger partial charge in [0.15, 0.2) is 0 Å². The Morgan fingerprint density at radius 1 is 1.69 bits per heavy atom. The molecule has 0 aromatic carbocycles. The van der Waals surface area contributed by atoms with Crippen LogP contribution in [-0.4, -0.2) is 12.6 Å². The zero-order valence-electron chi connectivity index (χ0n) is 7.53. The molecule has 0 aliphatic heterocycles. The molecule has 0 fully saturated rings. The highest BCUT2D eigenvalue weighted by Gasteiger charge is 1.95. The number of hydrogen-bond donors (Lipinski definition) is 0. The molecule has 0 radical (unpaired) electrons. The van der Waals surface area contributed by atoms with Gasteiger partial charge in [0.1, 0.15) is 0 Å². The Labute approximate surface area is 81.8 Å². The predicted molar refractivity (Wildman–Crippen MR) is 54.6 cm³/mol. The molecule has 1 heterocycles. The van der Waals surface area contributed by atoms with Crippen molar-refractivity contribution in [3.8, 4) is 0 Å². The predicted octanol–water partition coefficient (Wildman–Crippen LogP) is 2.71. The van der Waals surface area contributed by atoms with Crippen LogP contribution >= 0.6 is 11.3 Å². The van der Waals surface area contributed by atoms with E-state index in [-0.39, 0.29) is 5.97 Å². The molecule has 1 rings (SSSR count). The van der Waals surface area contributed by atoms with Crippen LogP contribution in [0.2, 0.25) is 0 Å². The van der Waals surface area contributed by atoms with Crippen molar-refractivity contribution in [1.82, 2.24) is 0 Å². The standard InChI is InChI=1S/C10H12O2S/c1-2-12-10(11)7-3-5-9-6-4-8-13-9/h3-6,8H,2,7H2,1H3/b5-3+. The molecule has 0 N–H and O–H groups in total. The highest BCUT2D eigenvalue weighted by Crippen LogP contribution is 2.10. The van der Waals surface area contributed by atoms with Crippen LogP contribution in [0.5, 0.6) is 0 Å². The van der Waals surface area contributed by atoms with Crippen molar-refractivity contribution in [3.05, 3.63) is 28.5 Å². The second-order valence-corrected chi connectivity index (χ2v) is 3.41. The zero-order chi connectivity index (χ0) is 9.52. The number of esters is 1. The monoisotopic (exact) mass is 196 g/mol. The Balaban J connectivity index is 2.30. The summed E-state index contributed by atoms with van der Waals surface area (Å²) in [6.07, 6.45) is 4.11. The van der Waals surface area contributed by atoms with E-state index in [0.29, 0.717) is 13.0 Å². The molecule has 0 aliphatic carbocycles. The van der Waals surface area contributed by atoms with Crippen LogP contribution in [0.4, 0.5) is 0 Å². The molecular formula is C10H12O2S. The van der Waals surface area contributed by atoms with Crippen molar-refractivity contribution in [1.29, 1.82) is 0 Å². The Bertz CT molecular complexity index is 275. The fraction of sp³-hybridized carbons (Fsp3) is 0.300. The van der Waals surface area contributed by atoms with Crippen LogP contribution in [0.3, 0.4) is 0 Å². The van der Waals surface area contributed by atoms with Gasteiger partial charge in [-0.2, -0.15) is 0 Å². The first-order valence-corrected chi connectivity index (χ1v) is 5.06. The number of thiophene rings is 1. The summed E-state index contributed by atoms with van der Waals surface area (Å²) in [4.78, 5) is 12.1. The van der Waals surface area contributed by atoms with Crippen LogP contribution in [0.25, 0.3) is 6.08 Å². The van der Waals surface area contributed by atoms with Gasteiger partial charge in [0, 0.05) is 4.88 Å². The van der Waals surface area contributed by atoms with Gasteiger partial charge in [-0.25, -0.2) is 0 Å². The molecule has 0 bridgehead atoms.